The van der Waals surface area contributed by atoms with E-state index in [1.165, 1.54) is 16.9 Å². The van der Waals surface area contributed by atoms with Crippen molar-refractivity contribution in [3.63, 3.8) is 0 Å². The van der Waals surface area contributed by atoms with Crippen molar-refractivity contribution in [2.75, 3.05) is 26.2 Å². The van der Waals surface area contributed by atoms with E-state index in [1.807, 2.05) is 42.3 Å². The molecule has 3 aromatic heterocycles. The number of aryl methyl sites for hydroxylation is 2. The zero-order chi connectivity index (χ0) is 18.8. The number of amides is 1. The van der Waals surface area contributed by atoms with Crippen LogP contribution in [0.25, 0.3) is 10.6 Å². The Morgan fingerprint density at radius 2 is 1.85 bits per heavy atom. The molecule has 0 N–H and O–H groups in total. The summed E-state index contributed by atoms with van der Waals surface area (Å²) in [6, 6.07) is 0. The molecule has 0 saturated carbocycles. The van der Waals surface area contributed by atoms with Gasteiger partial charge in [-0.15, -0.1) is 11.3 Å². The number of aromatic nitrogens is 5. The highest BCUT2D eigenvalue weighted by Gasteiger charge is 2.22. The van der Waals surface area contributed by atoms with Crippen LogP contribution in [0.15, 0.2) is 31.0 Å². The van der Waals surface area contributed by atoms with E-state index in [4.69, 9.17) is 0 Å². The maximum Gasteiger partial charge on any atom is 0.265 e. The Morgan fingerprint density at radius 1 is 1.04 bits per heavy atom. The van der Waals surface area contributed by atoms with Crippen molar-refractivity contribution in [2.24, 2.45) is 14.1 Å². The predicted molar refractivity (Wildman–Crippen MR) is 103 cm³/mol. The lowest BCUT2D eigenvalue weighted by Crippen LogP contribution is -2.34. The second-order valence-electron chi connectivity index (χ2n) is 6.88. The van der Waals surface area contributed by atoms with Gasteiger partial charge in [0.15, 0.2) is 0 Å². The van der Waals surface area contributed by atoms with Crippen molar-refractivity contribution < 1.29 is 4.79 Å². The molecule has 1 fully saturated rings. The van der Waals surface area contributed by atoms with Crippen molar-refractivity contribution in [1.82, 2.24) is 34.3 Å². The third-order valence-electron chi connectivity index (χ3n) is 4.71. The second kappa shape index (κ2) is 7.61. The van der Waals surface area contributed by atoms with E-state index in [0.29, 0.717) is 4.88 Å². The van der Waals surface area contributed by atoms with E-state index < -0.39 is 0 Å². The van der Waals surface area contributed by atoms with E-state index in [0.717, 1.165) is 49.7 Å². The molecule has 8 nitrogen and oxygen atoms in total. The molecule has 4 heterocycles. The van der Waals surface area contributed by atoms with Gasteiger partial charge in [0.25, 0.3) is 5.91 Å². The van der Waals surface area contributed by atoms with Crippen molar-refractivity contribution in [3.8, 4) is 10.6 Å². The minimum atomic E-state index is 0.0749. The molecule has 4 rings (SSSR count). The number of rotatable bonds is 4. The van der Waals surface area contributed by atoms with Crippen molar-refractivity contribution in [2.45, 2.75) is 13.0 Å². The molecule has 27 heavy (non-hydrogen) atoms. The largest absolute Gasteiger partial charge is 0.337 e. The summed E-state index contributed by atoms with van der Waals surface area (Å²) < 4.78 is 3.57. The molecule has 1 aliphatic rings. The molecule has 142 valence electrons. The van der Waals surface area contributed by atoms with Crippen LogP contribution in [-0.4, -0.2) is 66.4 Å². The number of carbonyl (C=O) groups is 1. The van der Waals surface area contributed by atoms with E-state index in [1.54, 1.807) is 17.1 Å². The first-order chi connectivity index (χ1) is 13.1. The minimum Gasteiger partial charge on any atom is -0.337 e. The molecule has 0 spiro atoms. The molecule has 3 aromatic rings. The first-order valence-electron chi connectivity index (χ1n) is 9.02. The summed E-state index contributed by atoms with van der Waals surface area (Å²) in [4.78, 5) is 22.3. The van der Waals surface area contributed by atoms with Crippen LogP contribution in [0.4, 0.5) is 0 Å². The molecule has 1 aliphatic heterocycles. The van der Waals surface area contributed by atoms with Gasteiger partial charge in [-0.2, -0.15) is 10.2 Å². The quantitative estimate of drug-likeness (QED) is 0.683. The zero-order valence-corrected chi connectivity index (χ0v) is 16.4. The van der Waals surface area contributed by atoms with Gasteiger partial charge in [-0.05, 0) is 6.42 Å². The zero-order valence-electron chi connectivity index (χ0n) is 15.6. The predicted octanol–water partition coefficient (Wildman–Crippen LogP) is 1.63. The molecular weight excluding hydrogens is 362 g/mol. The third kappa shape index (κ3) is 4.09. The molecule has 0 aliphatic carbocycles. The molecule has 0 aromatic carbocycles. The normalized spacial score (nSPS) is 15.9. The van der Waals surface area contributed by atoms with Gasteiger partial charge in [0.05, 0.1) is 18.6 Å². The average Bonchev–Trinajstić information content (AvgIpc) is 3.34. The first kappa shape index (κ1) is 17.9. The molecular formula is C18H23N7OS. The van der Waals surface area contributed by atoms with Crippen molar-refractivity contribution in [1.29, 1.82) is 0 Å². The lowest BCUT2D eigenvalue weighted by Gasteiger charge is -2.21. The molecule has 0 bridgehead atoms. The summed E-state index contributed by atoms with van der Waals surface area (Å²) >= 11 is 1.43. The van der Waals surface area contributed by atoms with E-state index in [-0.39, 0.29) is 5.91 Å². The van der Waals surface area contributed by atoms with Gasteiger partial charge in [0.2, 0.25) is 0 Å². The van der Waals surface area contributed by atoms with Crippen LogP contribution in [0.2, 0.25) is 0 Å². The fraction of sp³-hybridized carbons (Fsp3) is 0.444. The minimum absolute atomic E-state index is 0.0749. The first-order valence-corrected chi connectivity index (χ1v) is 9.84. The number of hydrogen-bond donors (Lipinski definition) is 0. The standard InChI is InChI=1S/C18H23N7OS/c1-22-11-14(8-20-22)12-24-4-3-5-25(7-6-24)18(26)16-10-19-17(27-16)15-9-21-23(2)13-15/h8-11,13H,3-7,12H2,1-2H3. The van der Waals surface area contributed by atoms with Crippen LogP contribution in [-0.2, 0) is 20.6 Å². The van der Waals surface area contributed by atoms with Crippen LogP contribution >= 0.6 is 11.3 Å². The fourth-order valence-electron chi connectivity index (χ4n) is 3.34. The third-order valence-corrected chi connectivity index (χ3v) is 5.74. The van der Waals surface area contributed by atoms with Gasteiger partial charge in [0, 0.05) is 70.3 Å². The van der Waals surface area contributed by atoms with Gasteiger partial charge < -0.3 is 4.90 Å². The smallest absolute Gasteiger partial charge is 0.265 e. The fourth-order valence-corrected chi connectivity index (χ4v) is 4.20. The molecule has 9 heteroatoms. The SMILES string of the molecule is Cn1cc(CN2CCCN(C(=O)c3cnc(-c4cnn(C)c4)s3)CC2)cn1. The number of hydrogen-bond acceptors (Lipinski definition) is 6. The lowest BCUT2D eigenvalue weighted by atomic mass is 10.3. The molecule has 0 unspecified atom stereocenters. The maximum absolute atomic E-state index is 12.9. The Hall–Kier alpha value is -2.52. The number of carbonyl (C=O) groups excluding carboxylic acids is 1. The second-order valence-corrected chi connectivity index (χ2v) is 7.91. The van der Waals surface area contributed by atoms with Crippen molar-refractivity contribution in [3.05, 3.63) is 41.4 Å². The Kier molecular flexibility index (Phi) is 5.04. The Labute approximate surface area is 162 Å². The molecule has 1 amide bonds. The summed E-state index contributed by atoms with van der Waals surface area (Å²) in [5.41, 5.74) is 2.15. The highest BCUT2D eigenvalue weighted by Crippen LogP contribution is 2.25. The molecule has 1 saturated heterocycles. The van der Waals surface area contributed by atoms with Crippen molar-refractivity contribution >= 4 is 17.2 Å². The van der Waals surface area contributed by atoms with E-state index >= 15 is 0 Å². The molecule has 0 atom stereocenters. The van der Waals surface area contributed by atoms with E-state index in [9.17, 15) is 4.79 Å². The average molecular weight is 385 g/mol. The monoisotopic (exact) mass is 385 g/mol. The summed E-state index contributed by atoms with van der Waals surface area (Å²) in [7, 11) is 3.80. The topological polar surface area (TPSA) is 72.1 Å². The van der Waals surface area contributed by atoms with Crippen LogP contribution in [0, 0.1) is 0 Å². The van der Waals surface area contributed by atoms with Gasteiger partial charge in [0.1, 0.15) is 9.88 Å². The Balaban J connectivity index is 1.38. The Bertz CT molecular complexity index is 928. The van der Waals surface area contributed by atoms with Gasteiger partial charge in [-0.1, -0.05) is 0 Å². The lowest BCUT2D eigenvalue weighted by molar-refractivity contribution is 0.0765. The maximum atomic E-state index is 12.9. The van der Waals surface area contributed by atoms with Crippen LogP contribution < -0.4 is 0 Å². The van der Waals surface area contributed by atoms with Crippen LogP contribution in [0.5, 0.6) is 0 Å². The number of nitrogens with zero attached hydrogens (tertiary/aromatic N) is 7. The van der Waals surface area contributed by atoms with Gasteiger partial charge >= 0.3 is 0 Å². The number of thiazole rings is 1. The molecule has 0 radical (unpaired) electrons. The summed E-state index contributed by atoms with van der Waals surface area (Å²) in [6.45, 7) is 4.25. The summed E-state index contributed by atoms with van der Waals surface area (Å²) in [6.07, 6.45) is 10.3. The summed E-state index contributed by atoms with van der Waals surface area (Å²) in [5, 5.41) is 9.23. The van der Waals surface area contributed by atoms with Crippen LogP contribution in [0.3, 0.4) is 0 Å². The van der Waals surface area contributed by atoms with Gasteiger partial charge in [-0.3, -0.25) is 19.1 Å². The van der Waals surface area contributed by atoms with Gasteiger partial charge in [-0.25, -0.2) is 4.98 Å². The van der Waals surface area contributed by atoms with E-state index in [2.05, 4.69) is 20.1 Å². The van der Waals surface area contributed by atoms with Crippen LogP contribution in [0.1, 0.15) is 21.7 Å². The Morgan fingerprint density at radius 3 is 2.59 bits per heavy atom. The highest BCUT2D eigenvalue weighted by atomic mass is 32.1. The highest BCUT2D eigenvalue weighted by molar-refractivity contribution is 7.16. The summed E-state index contributed by atoms with van der Waals surface area (Å²) in [5.74, 6) is 0.0749.